The van der Waals surface area contributed by atoms with E-state index >= 15 is 0 Å². The first-order chi connectivity index (χ1) is 13.3. The van der Waals surface area contributed by atoms with Crippen LogP contribution < -0.4 is 0 Å². The van der Waals surface area contributed by atoms with Gasteiger partial charge in [0.15, 0.2) is 40.9 Å². The third-order valence-electron chi connectivity index (χ3n) is 4.42. The summed E-state index contributed by atoms with van der Waals surface area (Å²) in [6.45, 7) is -0.154. The van der Waals surface area contributed by atoms with E-state index in [0.717, 1.165) is 24.3 Å². The van der Waals surface area contributed by atoms with Crippen molar-refractivity contribution in [3.05, 3.63) is 82.3 Å². The number of benzene rings is 2. The summed E-state index contributed by atoms with van der Waals surface area (Å²) in [5.41, 5.74) is 0.0850. The molecule has 0 bridgehead atoms. The van der Waals surface area contributed by atoms with E-state index in [4.69, 9.17) is 9.47 Å². The number of aliphatic hydroxyl groups is 1. The zero-order valence-electron chi connectivity index (χ0n) is 14.1. The first-order valence-corrected chi connectivity index (χ1v) is 8.23. The number of rotatable bonds is 2. The fraction of sp³-hybridized carbons (Fsp3) is 0.150. The van der Waals surface area contributed by atoms with Crippen LogP contribution in [0, 0.1) is 23.3 Å². The minimum atomic E-state index is -1.16. The molecular formula is C20H12F4O4. The first-order valence-electron chi connectivity index (χ1n) is 8.23. The van der Waals surface area contributed by atoms with Gasteiger partial charge >= 0.3 is 0 Å². The molecule has 1 saturated heterocycles. The molecule has 0 radical (unpaired) electrons. The van der Waals surface area contributed by atoms with Crippen molar-refractivity contribution in [2.45, 2.75) is 12.2 Å². The second kappa shape index (κ2) is 6.79. The molecule has 2 aromatic carbocycles. The van der Waals surface area contributed by atoms with Crippen molar-refractivity contribution in [3.63, 3.8) is 0 Å². The van der Waals surface area contributed by atoms with E-state index < -0.39 is 41.3 Å². The lowest BCUT2D eigenvalue weighted by Gasteiger charge is -2.25. The normalized spacial score (nSPS) is 22.9. The summed E-state index contributed by atoms with van der Waals surface area (Å²) in [5.74, 6) is -5.41. The Labute approximate surface area is 156 Å². The van der Waals surface area contributed by atoms with Crippen LogP contribution >= 0.6 is 0 Å². The standard InChI is InChI=1S/C20H12F4O4/c21-11-3-1-9(5-13(11)23)6-16-18(26)17(10-2-4-12(22)14(24)7-10)20-19(28-16)15(25)8-27-20/h1-7,15,19,25H,8H2/b16-6-/t15-,19-/m1/s1. The van der Waals surface area contributed by atoms with Crippen LogP contribution in [0.2, 0.25) is 0 Å². The molecule has 8 heteroatoms. The maximum Gasteiger partial charge on any atom is 0.231 e. The molecule has 0 spiro atoms. The Bertz CT molecular complexity index is 1040. The Morgan fingerprint density at radius 3 is 2.32 bits per heavy atom. The van der Waals surface area contributed by atoms with E-state index in [1.165, 1.54) is 18.2 Å². The molecule has 144 valence electrons. The lowest BCUT2D eigenvalue weighted by molar-refractivity contribution is -0.116. The van der Waals surface area contributed by atoms with Gasteiger partial charge < -0.3 is 14.6 Å². The highest BCUT2D eigenvalue weighted by molar-refractivity contribution is 6.30. The Hall–Kier alpha value is -3.13. The predicted octanol–water partition coefficient (Wildman–Crippen LogP) is 3.35. The molecule has 2 aromatic rings. The molecule has 0 amide bonds. The molecule has 1 fully saturated rings. The number of hydrogen-bond acceptors (Lipinski definition) is 4. The summed E-state index contributed by atoms with van der Waals surface area (Å²) in [7, 11) is 0. The van der Waals surface area contributed by atoms with Crippen molar-refractivity contribution in [2.24, 2.45) is 0 Å². The van der Waals surface area contributed by atoms with Crippen LogP contribution in [0.15, 0.2) is 47.9 Å². The molecular weight excluding hydrogens is 380 g/mol. The summed E-state index contributed by atoms with van der Waals surface area (Å²) < 4.78 is 64.4. The van der Waals surface area contributed by atoms with Gasteiger partial charge in [0.1, 0.15) is 12.7 Å². The third kappa shape index (κ3) is 3.05. The number of ketones is 1. The van der Waals surface area contributed by atoms with Crippen LogP contribution in [0.25, 0.3) is 11.6 Å². The molecule has 0 aromatic heterocycles. The zero-order valence-corrected chi connectivity index (χ0v) is 14.1. The van der Waals surface area contributed by atoms with Gasteiger partial charge in [0.2, 0.25) is 5.78 Å². The Balaban J connectivity index is 1.82. The van der Waals surface area contributed by atoms with Gasteiger partial charge in [-0.15, -0.1) is 0 Å². The summed E-state index contributed by atoms with van der Waals surface area (Å²) in [6.07, 6.45) is -0.971. The van der Waals surface area contributed by atoms with E-state index in [9.17, 15) is 27.5 Å². The maximum absolute atomic E-state index is 13.7. The van der Waals surface area contributed by atoms with Crippen LogP contribution in [0.5, 0.6) is 0 Å². The Morgan fingerprint density at radius 2 is 1.64 bits per heavy atom. The number of aliphatic hydroxyl groups excluding tert-OH is 1. The van der Waals surface area contributed by atoms with Crippen LogP contribution in [-0.2, 0) is 14.3 Å². The fourth-order valence-corrected chi connectivity index (χ4v) is 3.07. The number of carbonyl (C=O) groups excluding carboxylic acids is 1. The number of fused-ring (bicyclic) bond motifs is 1. The second-order valence-corrected chi connectivity index (χ2v) is 6.30. The van der Waals surface area contributed by atoms with E-state index in [-0.39, 0.29) is 34.8 Å². The summed E-state index contributed by atoms with van der Waals surface area (Å²) in [5, 5.41) is 10.1. The number of allylic oxidation sites excluding steroid dienone is 1. The van der Waals surface area contributed by atoms with Crippen molar-refractivity contribution >= 4 is 17.4 Å². The van der Waals surface area contributed by atoms with Crippen molar-refractivity contribution in [1.29, 1.82) is 0 Å². The summed E-state index contributed by atoms with van der Waals surface area (Å²) in [6, 6.07) is 5.89. The molecule has 4 nitrogen and oxygen atoms in total. The number of hydrogen-bond donors (Lipinski definition) is 1. The van der Waals surface area contributed by atoms with Gasteiger partial charge in [-0.3, -0.25) is 4.79 Å². The van der Waals surface area contributed by atoms with Crippen molar-refractivity contribution in [2.75, 3.05) is 6.61 Å². The molecule has 0 unspecified atom stereocenters. The Morgan fingerprint density at radius 1 is 0.964 bits per heavy atom. The van der Waals surface area contributed by atoms with Crippen molar-refractivity contribution in [1.82, 2.24) is 0 Å². The minimum Gasteiger partial charge on any atom is -0.490 e. The summed E-state index contributed by atoms with van der Waals surface area (Å²) in [4.78, 5) is 12.9. The van der Waals surface area contributed by atoms with Gasteiger partial charge in [0.05, 0.1) is 5.57 Å². The number of halogens is 4. The van der Waals surface area contributed by atoms with Gasteiger partial charge in [-0.25, -0.2) is 17.6 Å². The molecule has 28 heavy (non-hydrogen) atoms. The monoisotopic (exact) mass is 392 g/mol. The zero-order chi connectivity index (χ0) is 20.0. The van der Waals surface area contributed by atoms with Gasteiger partial charge in [-0.2, -0.15) is 0 Å². The quantitative estimate of drug-likeness (QED) is 0.629. The molecule has 2 aliphatic rings. The van der Waals surface area contributed by atoms with Gasteiger partial charge in [-0.05, 0) is 41.5 Å². The Kier molecular flexibility index (Phi) is 4.43. The first kappa shape index (κ1) is 18.2. The fourth-order valence-electron chi connectivity index (χ4n) is 3.07. The van der Waals surface area contributed by atoms with Crippen molar-refractivity contribution in [3.8, 4) is 0 Å². The van der Waals surface area contributed by atoms with Gasteiger partial charge in [-0.1, -0.05) is 12.1 Å². The molecule has 1 N–H and O–H groups in total. The lowest BCUT2D eigenvalue weighted by Crippen LogP contribution is -2.32. The van der Waals surface area contributed by atoms with Crippen molar-refractivity contribution < 1.29 is 36.9 Å². The number of carbonyl (C=O) groups is 1. The molecule has 0 aliphatic carbocycles. The minimum absolute atomic E-state index is 0.00550. The average molecular weight is 392 g/mol. The second-order valence-electron chi connectivity index (χ2n) is 6.30. The smallest absolute Gasteiger partial charge is 0.231 e. The van der Waals surface area contributed by atoms with Crippen LogP contribution in [0.1, 0.15) is 11.1 Å². The van der Waals surface area contributed by atoms with Gasteiger partial charge in [0, 0.05) is 0 Å². The SMILES string of the molecule is O=C1C(c2ccc(F)c(F)c2)=C2OC[C@@H](O)[C@H]2O/C1=C\c1ccc(F)c(F)c1. The third-order valence-corrected chi connectivity index (χ3v) is 4.42. The number of Topliss-reactive ketones (excluding diaryl/α,β-unsaturated/α-hetero) is 1. The molecule has 2 atom stereocenters. The maximum atomic E-state index is 13.7. The molecule has 4 rings (SSSR count). The highest BCUT2D eigenvalue weighted by Gasteiger charge is 2.44. The molecule has 2 aliphatic heterocycles. The predicted molar refractivity (Wildman–Crippen MR) is 89.5 cm³/mol. The average Bonchev–Trinajstić information content (AvgIpc) is 3.02. The van der Waals surface area contributed by atoms with Crippen LogP contribution in [0.4, 0.5) is 17.6 Å². The topological polar surface area (TPSA) is 55.8 Å². The van der Waals surface area contributed by atoms with E-state index in [0.29, 0.717) is 0 Å². The largest absolute Gasteiger partial charge is 0.490 e. The summed E-state index contributed by atoms with van der Waals surface area (Å²) >= 11 is 0. The lowest BCUT2D eigenvalue weighted by atomic mass is 9.93. The highest BCUT2D eigenvalue weighted by atomic mass is 19.2. The van der Waals surface area contributed by atoms with Crippen LogP contribution in [0.3, 0.4) is 0 Å². The molecule has 2 heterocycles. The highest BCUT2D eigenvalue weighted by Crippen LogP contribution is 2.38. The van der Waals surface area contributed by atoms with E-state index in [1.807, 2.05) is 0 Å². The van der Waals surface area contributed by atoms with E-state index in [1.54, 1.807) is 0 Å². The van der Waals surface area contributed by atoms with Crippen LogP contribution in [-0.4, -0.2) is 29.7 Å². The van der Waals surface area contributed by atoms with Gasteiger partial charge in [0.25, 0.3) is 0 Å². The molecule has 0 saturated carbocycles. The number of ether oxygens (including phenoxy) is 2. The van der Waals surface area contributed by atoms with E-state index in [2.05, 4.69) is 0 Å².